The molecule has 5 heteroatoms. The Labute approximate surface area is 159 Å². The van der Waals surface area contributed by atoms with E-state index in [1.54, 1.807) is 0 Å². The molecule has 3 rings (SSSR count). The molecule has 2 aromatic rings. The molecule has 0 aliphatic carbocycles. The van der Waals surface area contributed by atoms with Gasteiger partial charge in [0, 0.05) is 0 Å². The lowest BCUT2D eigenvalue weighted by Crippen LogP contribution is -2.63. The molecule has 1 heterocycles. The molecule has 0 bridgehead atoms. The molecular weight excluding hydrogens is 342 g/mol. The van der Waals surface area contributed by atoms with Crippen LogP contribution in [0.3, 0.4) is 0 Å². The Hall–Kier alpha value is -2.82. The van der Waals surface area contributed by atoms with Crippen LogP contribution in [0.1, 0.15) is 31.9 Å². The lowest BCUT2D eigenvalue weighted by molar-refractivity contribution is -0.166. The topological polar surface area (TPSA) is 64.6 Å². The average Bonchev–Trinajstić information content (AvgIpc) is 2.62. The van der Waals surface area contributed by atoms with Crippen molar-refractivity contribution in [3.63, 3.8) is 0 Å². The van der Waals surface area contributed by atoms with Crippen LogP contribution in [0.4, 0.5) is 0 Å². The van der Waals surface area contributed by atoms with Crippen molar-refractivity contribution in [2.45, 2.75) is 45.4 Å². The lowest BCUT2D eigenvalue weighted by atomic mass is 9.84. The minimum atomic E-state index is -0.592. The molecule has 0 aromatic heterocycles. The molecule has 1 amide bonds. The highest BCUT2D eigenvalue weighted by Crippen LogP contribution is 2.25. The maximum absolute atomic E-state index is 12.3. The minimum Gasteiger partial charge on any atom is -0.489 e. The van der Waals surface area contributed by atoms with Crippen molar-refractivity contribution in [3.05, 3.63) is 65.7 Å². The smallest absolute Gasteiger partial charge is 0.330 e. The van der Waals surface area contributed by atoms with Gasteiger partial charge >= 0.3 is 5.97 Å². The van der Waals surface area contributed by atoms with Crippen molar-refractivity contribution in [2.75, 3.05) is 0 Å². The number of nitrogens with one attached hydrogen (secondary N) is 1. The van der Waals surface area contributed by atoms with E-state index in [2.05, 4.69) is 5.32 Å². The first-order chi connectivity index (χ1) is 12.8. The molecule has 1 fully saturated rings. The lowest BCUT2D eigenvalue weighted by Gasteiger charge is -2.36. The Kier molecular flexibility index (Phi) is 5.49. The number of rotatable bonds is 6. The van der Waals surface area contributed by atoms with Gasteiger partial charge in [-0.15, -0.1) is 0 Å². The van der Waals surface area contributed by atoms with Gasteiger partial charge in [0.25, 0.3) is 0 Å². The summed E-state index contributed by atoms with van der Waals surface area (Å²) >= 11 is 0. The molecule has 0 spiro atoms. The molecule has 1 N–H and O–H groups in total. The van der Waals surface area contributed by atoms with Crippen molar-refractivity contribution >= 4 is 11.9 Å². The third-order valence-electron chi connectivity index (χ3n) is 4.30. The van der Waals surface area contributed by atoms with E-state index in [1.807, 2.05) is 75.4 Å². The van der Waals surface area contributed by atoms with Crippen LogP contribution < -0.4 is 10.1 Å². The van der Waals surface area contributed by atoms with Gasteiger partial charge in [-0.3, -0.25) is 4.79 Å². The summed E-state index contributed by atoms with van der Waals surface area (Å²) in [5.41, 5.74) is 1.47. The molecule has 0 saturated carbocycles. The first-order valence-electron chi connectivity index (χ1n) is 9.11. The van der Waals surface area contributed by atoms with Gasteiger partial charge in [0.1, 0.15) is 24.0 Å². The highest BCUT2D eigenvalue weighted by atomic mass is 16.6. The van der Waals surface area contributed by atoms with Crippen LogP contribution in [-0.4, -0.2) is 23.5 Å². The fourth-order valence-corrected chi connectivity index (χ4v) is 2.97. The largest absolute Gasteiger partial charge is 0.489 e. The van der Waals surface area contributed by atoms with E-state index in [0.29, 0.717) is 13.0 Å². The van der Waals surface area contributed by atoms with Crippen LogP contribution in [0.2, 0.25) is 0 Å². The fourth-order valence-electron chi connectivity index (χ4n) is 2.97. The number of esters is 1. The third-order valence-corrected chi connectivity index (χ3v) is 4.30. The van der Waals surface area contributed by atoms with Crippen LogP contribution in [0.15, 0.2) is 54.6 Å². The summed E-state index contributed by atoms with van der Waals surface area (Å²) in [5, 5.41) is 2.65. The number of carbonyl (C=O) groups is 2. The van der Waals surface area contributed by atoms with Crippen LogP contribution in [0.5, 0.6) is 5.75 Å². The molecule has 27 heavy (non-hydrogen) atoms. The summed E-state index contributed by atoms with van der Waals surface area (Å²) < 4.78 is 11.2. The molecular formula is C22H25NO4. The second-order valence-electron chi connectivity index (χ2n) is 7.75. The third kappa shape index (κ3) is 5.09. The van der Waals surface area contributed by atoms with Crippen LogP contribution in [0, 0.1) is 5.92 Å². The summed E-state index contributed by atoms with van der Waals surface area (Å²) in [6.45, 7) is 5.92. The number of ether oxygens (including phenoxy) is 2. The number of amides is 1. The van der Waals surface area contributed by atoms with E-state index in [0.717, 1.165) is 16.9 Å². The second kappa shape index (κ2) is 7.82. The van der Waals surface area contributed by atoms with Gasteiger partial charge in [-0.05, 0) is 50.5 Å². The Morgan fingerprint density at radius 2 is 1.74 bits per heavy atom. The van der Waals surface area contributed by atoms with E-state index >= 15 is 0 Å². The van der Waals surface area contributed by atoms with Gasteiger partial charge < -0.3 is 14.8 Å². The molecule has 1 saturated heterocycles. The number of benzene rings is 2. The second-order valence-corrected chi connectivity index (χ2v) is 7.75. The van der Waals surface area contributed by atoms with Gasteiger partial charge in [0.2, 0.25) is 5.91 Å². The molecule has 142 valence electrons. The fraction of sp³-hybridized carbons (Fsp3) is 0.364. The maximum Gasteiger partial charge on any atom is 0.330 e. The number of hydrogen-bond acceptors (Lipinski definition) is 4. The SMILES string of the molecule is CC(C)(C)OC(=O)[C@H]1NC(=O)[C@H]1Cc1cccc(OCc2ccccc2)c1. The van der Waals surface area contributed by atoms with Gasteiger partial charge in [-0.25, -0.2) is 4.79 Å². The van der Waals surface area contributed by atoms with Crippen molar-refractivity contribution in [1.29, 1.82) is 0 Å². The van der Waals surface area contributed by atoms with Gasteiger partial charge in [0.15, 0.2) is 0 Å². The standard InChI is InChI=1S/C22H25NO4/c1-22(2,3)27-21(25)19-18(20(24)23-19)13-16-10-7-11-17(12-16)26-14-15-8-5-4-6-9-15/h4-12,18-19H,13-14H2,1-3H3,(H,23,24)/t18-,19-/m0/s1. The Balaban J connectivity index is 1.61. The Morgan fingerprint density at radius 1 is 1.04 bits per heavy atom. The van der Waals surface area contributed by atoms with E-state index < -0.39 is 17.6 Å². The van der Waals surface area contributed by atoms with E-state index in [-0.39, 0.29) is 11.9 Å². The van der Waals surface area contributed by atoms with Gasteiger partial charge in [0.05, 0.1) is 5.92 Å². The molecule has 5 nitrogen and oxygen atoms in total. The first kappa shape index (κ1) is 19.0. The summed E-state index contributed by atoms with van der Waals surface area (Å²) in [6, 6.07) is 17.0. The van der Waals surface area contributed by atoms with E-state index in [1.165, 1.54) is 0 Å². The summed E-state index contributed by atoms with van der Waals surface area (Å²) in [4.78, 5) is 24.2. The predicted octanol–water partition coefficient (Wildman–Crippen LogP) is 3.26. The quantitative estimate of drug-likeness (QED) is 0.629. The molecule has 1 aliphatic heterocycles. The normalized spacial score (nSPS) is 19.0. The average molecular weight is 367 g/mol. The highest BCUT2D eigenvalue weighted by Gasteiger charge is 2.45. The Morgan fingerprint density at radius 3 is 2.41 bits per heavy atom. The van der Waals surface area contributed by atoms with Gasteiger partial charge in [-0.1, -0.05) is 42.5 Å². The summed E-state index contributed by atoms with van der Waals surface area (Å²) in [6.07, 6.45) is 0.471. The predicted molar refractivity (Wildman–Crippen MR) is 102 cm³/mol. The zero-order chi connectivity index (χ0) is 19.4. The molecule has 0 unspecified atom stereocenters. The molecule has 1 aliphatic rings. The summed E-state index contributed by atoms with van der Waals surface area (Å²) in [7, 11) is 0. The van der Waals surface area contributed by atoms with Gasteiger partial charge in [-0.2, -0.15) is 0 Å². The van der Waals surface area contributed by atoms with E-state index in [9.17, 15) is 9.59 Å². The van der Waals surface area contributed by atoms with Crippen molar-refractivity contribution in [3.8, 4) is 5.75 Å². The number of β-lactam (4-membered cyclic amide) rings is 1. The van der Waals surface area contributed by atoms with Crippen molar-refractivity contribution in [2.24, 2.45) is 5.92 Å². The molecule has 2 atom stereocenters. The molecule has 2 aromatic carbocycles. The van der Waals surface area contributed by atoms with E-state index in [4.69, 9.17) is 9.47 Å². The Bertz CT molecular complexity index is 811. The first-order valence-corrected chi connectivity index (χ1v) is 9.11. The van der Waals surface area contributed by atoms with Crippen LogP contribution >= 0.6 is 0 Å². The van der Waals surface area contributed by atoms with Crippen LogP contribution in [0.25, 0.3) is 0 Å². The van der Waals surface area contributed by atoms with Crippen molar-refractivity contribution < 1.29 is 19.1 Å². The monoisotopic (exact) mass is 367 g/mol. The zero-order valence-corrected chi connectivity index (χ0v) is 15.9. The summed E-state index contributed by atoms with van der Waals surface area (Å²) in [5.74, 6) is -0.181. The maximum atomic E-state index is 12.3. The number of hydrogen-bond donors (Lipinski definition) is 1. The number of carbonyl (C=O) groups excluding carboxylic acids is 2. The zero-order valence-electron chi connectivity index (χ0n) is 15.9. The highest BCUT2D eigenvalue weighted by molar-refractivity contribution is 5.97. The minimum absolute atomic E-state index is 0.124. The van der Waals surface area contributed by atoms with Crippen molar-refractivity contribution in [1.82, 2.24) is 5.32 Å². The van der Waals surface area contributed by atoms with Crippen LogP contribution in [-0.2, 0) is 27.4 Å². The molecule has 0 radical (unpaired) electrons.